The number of nitrogens with zero attached hydrogens (tertiary/aromatic N) is 2. The molecule has 0 radical (unpaired) electrons. The Hall–Kier alpha value is -4.21. The summed E-state index contributed by atoms with van der Waals surface area (Å²) in [6.45, 7) is 0. The first kappa shape index (κ1) is 26.4. The van der Waals surface area contributed by atoms with Crippen molar-refractivity contribution in [3.63, 3.8) is 0 Å². The Morgan fingerprint density at radius 3 is 1.38 bits per heavy atom. The molecule has 1 saturated heterocycles. The van der Waals surface area contributed by atoms with Gasteiger partial charge in [-0.15, -0.1) is 22.7 Å². The second-order valence-corrected chi connectivity index (χ2v) is 11.1. The third-order valence-electron chi connectivity index (χ3n) is 6.56. The van der Waals surface area contributed by atoms with E-state index < -0.39 is 47.9 Å². The van der Waals surface area contributed by atoms with Crippen molar-refractivity contribution in [2.45, 2.75) is 31.1 Å². The Bertz CT molecular complexity index is 1370. The summed E-state index contributed by atoms with van der Waals surface area (Å²) in [7, 11) is 0. The Labute approximate surface area is 233 Å². The highest BCUT2D eigenvalue weighted by molar-refractivity contribution is 7.10. The molecule has 0 aliphatic carbocycles. The lowest BCUT2D eigenvalue weighted by atomic mass is 9.94. The summed E-state index contributed by atoms with van der Waals surface area (Å²) in [6, 6.07) is 24.5. The van der Waals surface area contributed by atoms with Gasteiger partial charge in [-0.05, 0) is 46.9 Å². The van der Waals surface area contributed by atoms with Crippen LogP contribution in [0.15, 0.2) is 95.7 Å². The molecule has 0 N–H and O–H groups in total. The van der Waals surface area contributed by atoms with Gasteiger partial charge in [-0.2, -0.15) is 9.80 Å². The number of rotatable bonds is 8. The predicted molar refractivity (Wildman–Crippen MR) is 148 cm³/mol. The average Bonchev–Trinajstić information content (AvgIpc) is 3.66. The fourth-order valence-electron chi connectivity index (χ4n) is 4.64. The van der Waals surface area contributed by atoms with Crippen LogP contribution in [-0.4, -0.2) is 39.5 Å². The van der Waals surface area contributed by atoms with Gasteiger partial charge in [0.05, 0.1) is 11.8 Å². The Kier molecular flexibility index (Phi) is 7.90. The van der Waals surface area contributed by atoms with Crippen LogP contribution in [0.4, 0.5) is 4.79 Å². The first-order chi connectivity index (χ1) is 18.9. The number of barbiturate groups is 1. The van der Waals surface area contributed by atoms with Gasteiger partial charge in [-0.1, -0.05) is 72.8 Å². The molecule has 2 aromatic heterocycles. The molecule has 0 bridgehead atoms. The van der Waals surface area contributed by atoms with E-state index >= 15 is 0 Å². The molecule has 2 unspecified atom stereocenters. The number of benzene rings is 2. The Morgan fingerprint density at radius 1 is 0.615 bits per heavy atom. The van der Waals surface area contributed by atoms with Gasteiger partial charge in [-0.25, -0.2) is 4.79 Å². The van der Waals surface area contributed by atoms with Crippen LogP contribution in [0.3, 0.4) is 0 Å². The lowest BCUT2D eigenvalue weighted by Crippen LogP contribution is -2.60. The molecular formula is C30H24N2O5S2. The maximum atomic E-state index is 13.8. The van der Waals surface area contributed by atoms with Crippen LogP contribution in [0.2, 0.25) is 0 Å². The summed E-state index contributed by atoms with van der Waals surface area (Å²) >= 11 is 2.68. The minimum Gasteiger partial charge on any atom is -0.273 e. The van der Waals surface area contributed by atoms with Crippen molar-refractivity contribution in [3.05, 3.63) is 117 Å². The third kappa shape index (κ3) is 5.64. The molecule has 5 rings (SSSR count). The van der Waals surface area contributed by atoms with Crippen molar-refractivity contribution >= 4 is 52.3 Å². The van der Waals surface area contributed by atoms with E-state index in [2.05, 4.69) is 0 Å². The van der Waals surface area contributed by atoms with Crippen molar-refractivity contribution in [1.29, 1.82) is 0 Å². The van der Waals surface area contributed by atoms with Gasteiger partial charge in [0.15, 0.2) is 0 Å². The van der Waals surface area contributed by atoms with E-state index in [0.29, 0.717) is 19.6 Å². The van der Waals surface area contributed by atoms with Gasteiger partial charge in [0.25, 0.3) is 0 Å². The normalized spacial score (nSPS) is 15.3. The van der Waals surface area contributed by atoms with Crippen molar-refractivity contribution in [1.82, 2.24) is 9.80 Å². The first-order valence-corrected chi connectivity index (χ1v) is 14.1. The molecule has 1 fully saturated rings. The maximum absolute atomic E-state index is 13.8. The standard InChI is InChI=1S/C30H24N2O5S2/c33-26-19-27(34)32(29(36)23(25-14-8-16-39-25)18-21-11-5-2-6-12-21)30(37)31(26)28(35)22(24-13-7-15-38-24)17-20-9-3-1-4-10-20/h1-16,22-23H,17-19H2. The van der Waals surface area contributed by atoms with Crippen LogP contribution in [0.1, 0.15) is 39.1 Å². The molecule has 1 aliphatic rings. The number of thiophene rings is 2. The zero-order valence-electron chi connectivity index (χ0n) is 20.8. The van der Waals surface area contributed by atoms with E-state index in [9.17, 15) is 24.0 Å². The van der Waals surface area contributed by atoms with E-state index in [-0.39, 0.29) is 12.8 Å². The van der Waals surface area contributed by atoms with E-state index in [1.807, 2.05) is 71.4 Å². The molecule has 2 aromatic carbocycles. The van der Waals surface area contributed by atoms with Crippen molar-refractivity contribution in [3.8, 4) is 0 Å². The molecule has 6 amide bonds. The van der Waals surface area contributed by atoms with E-state index in [1.54, 1.807) is 24.3 Å². The lowest BCUT2D eigenvalue weighted by Gasteiger charge is -2.33. The number of hydrogen-bond donors (Lipinski definition) is 0. The Balaban J connectivity index is 1.46. The zero-order chi connectivity index (χ0) is 27.4. The second-order valence-electron chi connectivity index (χ2n) is 9.11. The highest BCUT2D eigenvalue weighted by Gasteiger charge is 2.48. The Morgan fingerprint density at radius 2 is 1.03 bits per heavy atom. The van der Waals surface area contributed by atoms with Crippen molar-refractivity contribution < 1.29 is 24.0 Å². The molecule has 4 aromatic rings. The smallest absolute Gasteiger partial charge is 0.273 e. The van der Waals surface area contributed by atoms with E-state index in [0.717, 1.165) is 11.1 Å². The second kappa shape index (κ2) is 11.7. The molecule has 9 heteroatoms. The zero-order valence-corrected chi connectivity index (χ0v) is 22.4. The van der Waals surface area contributed by atoms with Gasteiger partial charge in [0, 0.05) is 9.75 Å². The maximum Gasteiger partial charge on any atom is 0.347 e. The van der Waals surface area contributed by atoms with Crippen molar-refractivity contribution in [2.75, 3.05) is 0 Å². The van der Waals surface area contributed by atoms with Gasteiger partial charge >= 0.3 is 6.03 Å². The summed E-state index contributed by atoms with van der Waals surface area (Å²) in [6.07, 6.45) is -0.232. The van der Waals surface area contributed by atoms with Gasteiger partial charge < -0.3 is 0 Å². The molecular weight excluding hydrogens is 532 g/mol. The molecule has 3 heterocycles. The molecule has 1 aliphatic heterocycles. The first-order valence-electron chi connectivity index (χ1n) is 12.4. The summed E-state index contributed by atoms with van der Waals surface area (Å²) in [5.74, 6) is -5.02. The molecule has 2 atom stereocenters. The number of imide groups is 6. The monoisotopic (exact) mass is 556 g/mol. The number of carbonyl (C=O) groups is 5. The van der Waals surface area contributed by atoms with E-state index in [4.69, 9.17) is 0 Å². The van der Waals surface area contributed by atoms with Crippen LogP contribution >= 0.6 is 22.7 Å². The number of hydrogen-bond acceptors (Lipinski definition) is 7. The number of amides is 6. The van der Waals surface area contributed by atoms with E-state index in [1.165, 1.54) is 22.7 Å². The lowest BCUT2D eigenvalue weighted by molar-refractivity contribution is -0.152. The fraction of sp³-hybridized carbons (Fsp3) is 0.167. The minimum absolute atomic E-state index is 0.255. The largest absolute Gasteiger partial charge is 0.347 e. The molecule has 39 heavy (non-hydrogen) atoms. The summed E-state index contributed by atoms with van der Waals surface area (Å²) < 4.78 is 0. The minimum atomic E-state index is -1.21. The van der Waals surface area contributed by atoms with Crippen LogP contribution in [0.5, 0.6) is 0 Å². The number of urea groups is 1. The molecule has 7 nitrogen and oxygen atoms in total. The predicted octanol–water partition coefficient (Wildman–Crippen LogP) is 5.40. The van der Waals surface area contributed by atoms with Crippen molar-refractivity contribution in [2.24, 2.45) is 0 Å². The highest BCUT2D eigenvalue weighted by Crippen LogP contribution is 2.32. The molecule has 0 saturated carbocycles. The van der Waals surface area contributed by atoms with Gasteiger partial charge in [0.1, 0.15) is 6.42 Å². The van der Waals surface area contributed by atoms with Crippen LogP contribution < -0.4 is 0 Å². The summed E-state index contributed by atoms with van der Waals surface area (Å²) in [4.78, 5) is 69.6. The molecule has 196 valence electrons. The highest BCUT2D eigenvalue weighted by atomic mass is 32.1. The van der Waals surface area contributed by atoms with Gasteiger partial charge in [-0.3, -0.25) is 19.2 Å². The van der Waals surface area contributed by atoms with Crippen LogP contribution in [0.25, 0.3) is 0 Å². The summed E-state index contributed by atoms with van der Waals surface area (Å²) in [5, 5.41) is 3.63. The van der Waals surface area contributed by atoms with Crippen LogP contribution in [-0.2, 0) is 32.0 Å². The molecule has 0 spiro atoms. The topological polar surface area (TPSA) is 91.8 Å². The fourth-order valence-corrected chi connectivity index (χ4v) is 6.28. The van der Waals surface area contributed by atoms with Gasteiger partial charge in [0.2, 0.25) is 23.6 Å². The van der Waals surface area contributed by atoms with Crippen LogP contribution in [0, 0.1) is 0 Å². The quantitative estimate of drug-likeness (QED) is 0.271. The third-order valence-corrected chi connectivity index (χ3v) is 8.53. The SMILES string of the molecule is O=C1CC(=O)N(C(=O)C(Cc2ccccc2)c2cccs2)C(=O)N1C(=O)C(Cc1ccccc1)c1cccs1. The summed E-state index contributed by atoms with van der Waals surface area (Å²) in [5.41, 5.74) is 1.71. The number of carbonyl (C=O) groups excluding carboxylic acids is 5. The average molecular weight is 557 g/mol.